The molecule has 0 aliphatic carbocycles. The largest absolute Gasteiger partial charge is 0.397 e. The van der Waals surface area contributed by atoms with Crippen LogP contribution in [0.4, 0.5) is 10.7 Å². The van der Waals surface area contributed by atoms with Crippen LogP contribution in [0.15, 0.2) is 0 Å². The predicted octanol–water partition coefficient (Wildman–Crippen LogP) is 2.40. The number of thiophene rings is 1. The molecule has 0 spiro atoms. The number of hydrogen-bond acceptors (Lipinski definition) is 5. The van der Waals surface area contributed by atoms with Crippen LogP contribution in [0.25, 0.3) is 0 Å². The highest BCUT2D eigenvalue weighted by atomic mass is 32.1. The van der Waals surface area contributed by atoms with Crippen molar-refractivity contribution in [2.45, 2.75) is 39.0 Å². The van der Waals surface area contributed by atoms with Gasteiger partial charge in [0.05, 0.1) is 16.1 Å². The summed E-state index contributed by atoms with van der Waals surface area (Å²) < 4.78 is 0. The number of nitrogens with two attached hydrogens (primary N) is 2. The van der Waals surface area contributed by atoms with Crippen LogP contribution in [-0.2, 0) is 0 Å². The average molecular weight is 295 g/mol. The molecular weight excluding hydrogens is 274 g/mol. The van der Waals surface area contributed by atoms with Gasteiger partial charge in [-0.1, -0.05) is 19.3 Å². The van der Waals surface area contributed by atoms with E-state index in [1.807, 2.05) is 0 Å². The van der Waals surface area contributed by atoms with Gasteiger partial charge in [0.1, 0.15) is 5.00 Å². The van der Waals surface area contributed by atoms with E-state index in [-0.39, 0.29) is 11.5 Å². The first-order valence-corrected chi connectivity index (χ1v) is 7.82. The molecule has 1 amide bonds. The molecule has 1 aliphatic heterocycles. The Bertz CT molecular complexity index is 517. The summed E-state index contributed by atoms with van der Waals surface area (Å²) in [6, 6.07) is 0. The predicted molar refractivity (Wildman–Crippen MR) is 82.6 cm³/mol. The van der Waals surface area contributed by atoms with Gasteiger partial charge in [0, 0.05) is 20.0 Å². The summed E-state index contributed by atoms with van der Waals surface area (Å²) in [7, 11) is 0. The van der Waals surface area contributed by atoms with E-state index in [2.05, 4.69) is 4.90 Å². The smallest absolute Gasteiger partial charge is 0.253 e. The van der Waals surface area contributed by atoms with Crippen molar-refractivity contribution in [2.75, 3.05) is 23.7 Å². The Kier molecular flexibility index (Phi) is 4.65. The summed E-state index contributed by atoms with van der Waals surface area (Å²) in [6.07, 6.45) is 5.84. The Hall–Kier alpha value is -1.56. The van der Waals surface area contributed by atoms with Crippen LogP contribution in [0.5, 0.6) is 0 Å². The summed E-state index contributed by atoms with van der Waals surface area (Å²) >= 11 is 1.30. The standard InChI is InChI=1S/C14H21N3O2S/c1-9(18)12-11(15)10(13(16)19)14(20-12)17-7-5-3-2-4-6-8-17/h2-8,15H2,1H3,(H2,16,19). The summed E-state index contributed by atoms with van der Waals surface area (Å²) in [6.45, 7) is 3.24. The van der Waals surface area contributed by atoms with E-state index in [1.54, 1.807) is 0 Å². The minimum absolute atomic E-state index is 0.117. The van der Waals surface area contributed by atoms with Gasteiger partial charge in [-0.15, -0.1) is 11.3 Å². The number of rotatable bonds is 3. The molecule has 0 radical (unpaired) electrons. The molecule has 20 heavy (non-hydrogen) atoms. The summed E-state index contributed by atoms with van der Waals surface area (Å²) in [5.41, 5.74) is 12.0. The summed E-state index contributed by atoms with van der Waals surface area (Å²) in [5.74, 6) is -0.670. The van der Waals surface area contributed by atoms with Crippen molar-refractivity contribution < 1.29 is 9.59 Å². The van der Waals surface area contributed by atoms with Crippen LogP contribution in [0.1, 0.15) is 59.1 Å². The van der Waals surface area contributed by atoms with Gasteiger partial charge in [0.2, 0.25) is 0 Å². The van der Waals surface area contributed by atoms with Gasteiger partial charge in [-0.3, -0.25) is 9.59 Å². The molecule has 0 unspecified atom stereocenters. The van der Waals surface area contributed by atoms with Gasteiger partial charge < -0.3 is 16.4 Å². The zero-order valence-electron chi connectivity index (χ0n) is 11.8. The molecule has 5 nitrogen and oxygen atoms in total. The fraction of sp³-hybridized carbons (Fsp3) is 0.571. The Labute approximate surface area is 122 Å². The maximum atomic E-state index is 11.7. The van der Waals surface area contributed by atoms with E-state index in [1.165, 1.54) is 37.5 Å². The second-order valence-corrected chi connectivity index (χ2v) is 6.20. The minimum atomic E-state index is -0.552. The van der Waals surface area contributed by atoms with Crippen molar-refractivity contribution in [1.82, 2.24) is 0 Å². The van der Waals surface area contributed by atoms with Crippen LogP contribution in [0.2, 0.25) is 0 Å². The van der Waals surface area contributed by atoms with Crippen molar-refractivity contribution >= 4 is 33.7 Å². The highest BCUT2D eigenvalue weighted by Crippen LogP contribution is 2.39. The van der Waals surface area contributed by atoms with Gasteiger partial charge in [0.25, 0.3) is 5.91 Å². The van der Waals surface area contributed by atoms with Crippen molar-refractivity contribution in [3.8, 4) is 0 Å². The normalized spacial score (nSPS) is 16.6. The van der Waals surface area contributed by atoms with Crippen LogP contribution >= 0.6 is 11.3 Å². The SMILES string of the molecule is CC(=O)c1sc(N2CCCCCCC2)c(C(N)=O)c1N. The third kappa shape index (κ3) is 2.95. The highest BCUT2D eigenvalue weighted by Gasteiger charge is 2.25. The molecule has 0 saturated carbocycles. The third-order valence-corrected chi connectivity index (χ3v) is 5.00. The van der Waals surface area contributed by atoms with E-state index >= 15 is 0 Å². The molecule has 1 aromatic heterocycles. The highest BCUT2D eigenvalue weighted by molar-refractivity contribution is 7.19. The lowest BCUT2D eigenvalue weighted by molar-refractivity contribution is 0.100. The molecule has 4 N–H and O–H groups in total. The van der Waals surface area contributed by atoms with Crippen molar-refractivity contribution in [1.29, 1.82) is 0 Å². The number of nitrogen functional groups attached to an aromatic ring is 1. The lowest BCUT2D eigenvalue weighted by atomic mass is 10.1. The number of primary amides is 1. The first kappa shape index (κ1) is 14.8. The molecule has 1 fully saturated rings. The van der Waals surface area contributed by atoms with E-state index < -0.39 is 5.91 Å². The second-order valence-electron chi connectivity index (χ2n) is 5.20. The monoisotopic (exact) mass is 295 g/mol. The fourth-order valence-corrected chi connectivity index (χ4v) is 3.78. The van der Waals surface area contributed by atoms with Gasteiger partial charge in [-0.25, -0.2) is 0 Å². The maximum absolute atomic E-state index is 11.7. The van der Waals surface area contributed by atoms with Crippen molar-refractivity contribution in [3.05, 3.63) is 10.4 Å². The van der Waals surface area contributed by atoms with Crippen LogP contribution < -0.4 is 16.4 Å². The lowest BCUT2D eigenvalue weighted by Gasteiger charge is -2.26. The first-order valence-electron chi connectivity index (χ1n) is 7.00. The van der Waals surface area contributed by atoms with E-state index in [0.717, 1.165) is 30.9 Å². The number of nitrogens with zero attached hydrogens (tertiary/aromatic N) is 1. The van der Waals surface area contributed by atoms with E-state index in [0.29, 0.717) is 10.4 Å². The lowest BCUT2D eigenvalue weighted by Crippen LogP contribution is -2.28. The van der Waals surface area contributed by atoms with Crippen LogP contribution in [0, 0.1) is 0 Å². The molecular formula is C14H21N3O2S. The van der Waals surface area contributed by atoms with Crippen molar-refractivity contribution in [2.24, 2.45) is 5.73 Å². The molecule has 6 heteroatoms. The zero-order valence-corrected chi connectivity index (χ0v) is 12.6. The number of hydrogen-bond donors (Lipinski definition) is 2. The molecule has 2 heterocycles. The second kappa shape index (κ2) is 6.26. The van der Waals surface area contributed by atoms with Gasteiger partial charge in [0.15, 0.2) is 5.78 Å². The number of ketones is 1. The number of Topliss-reactive ketones (excluding diaryl/α,β-unsaturated/α-hetero) is 1. The Morgan fingerprint density at radius 3 is 2.15 bits per heavy atom. The molecule has 0 aromatic carbocycles. The minimum Gasteiger partial charge on any atom is -0.397 e. The maximum Gasteiger partial charge on any atom is 0.253 e. The molecule has 2 rings (SSSR count). The van der Waals surface area contributed by atoms with Crippen LogP contribution in [0.3, 0.4) is 0 Å². The quantitative estimate of drug-likeness (QED) is 0.838. The van der Waals surface area contributed by atoms with Gasteiger partial charge >= 0.3 is 0 Å². The number of carbonyl (C=O) groups excluding carboxylic acids is 2. The summed E-state index contributed by atoms with van der Waals surface area (Å²) in [4.78, 5) is 25.9. The zero-order chi connectivity index (χ0) is 14.7. The van der Waals surface area contributed by atoms with Gasteiger partial charge in [-0.2, -0.15) is 0 Å². The first-order chi connectivity index (χ1) is 9.52. The number of amides is 1. The number of anilines is 2. The van der Waals surface area contributed by atoms with Gasteiger partial charge in [-0.05, 0) is 12.8 Å². The molecule has 110 valence electrons. The average Bonchev–Trinajstić information content (AvgIpc) is 2.66. The molecule has 1 aliphatic rings. The molecule has 0 atom stereocenters. The van der Waals surface area contributed by atoms with E-state index in [4.69, 9.17) is 11.5 Å². The molecule has 1 aromatic rings. The Morgan fingerprint density at radius 2 is 1.65 bits per heavy atom. The third-order valence-electron chi connectivity index (χ3n) is 3.64. The topological polar surface area (TPSA) is 89.4 Å². The fourth-order valence-electron chi connectivity index (χ4n) is 2.60. The number of carbonyl (C=O) groups is 2. The Morgan fingerprint density at radius 1 is 1.10 bits per heavy atom. The van der Waals surface area contributed by atoms with Crippen molar-refractivity contribution in [3.63, 3.8) is 0 Å². The molecule has 0 bridgehead atoms. The van der Waals surface area contributed by atoms with Crippen LogP contribution in [-0.4, -0.2) is 24.8 Å². The Balaban J connectivity index is 2.40. The molecule has 1 saturated heterocycles. The van der Waals surface area contributed by atoms with E-state index in [9.17, 15) is 9.59 Å². The summed E-state index contributed by atoms with van der Waals surface area (Å²) in [5, 5.41) is 0.766.